The summed E-state index contributed by atoms with van der Waals surface area (Å²) >= 11 is 1.59. The number of rotatable bonds is 8. The van der Waals surface area contributed by atoms with E-state index in [0.717, 1.165) is 6.42 Å². The fourth-order valence-corrected chi connectivity index (χ4v) is 5.11. The van der Waals surface area contributed by atoms with E-state index in [1.807, 2.05) is 6.92 Å². The van der Waals surface area contributed by atoms with Crippen LogP contribution in [0.5, 0.6) is 0 Å². The van der Waals surface area contributed by atoms with Crippen molar-refractivity contribution in [2.75, 3.05) is 27.9 Å². The van der Waals surface area contributed by atoms with Crippen molar-refractivity contribution in [3.63, 3.8) is 0 Å². The third kappa shape index (κ3) is 3.96. The Hall–Kier alpha value is -0.0831. The fraction of sp³-hybridized carbons (Fsp3) is 0.900. The standard InChI is InChI=1S/C10H20O5SSi/c1-5-6-15-10(11)9-8(16-9)7-17(12-2,13-3)14-4/h8-9H,5-7H2,1-4H3. The van der Waals surface area contributed by atoms with E-state index in [-0.39, 0.29) is 16.5 Å². The zero-order valence-corrected chi connectivity index (χ0v) is 12.5. The summed E-state index contributed by atoms with van der Waals surface area (Å²) in [4.78, 5) is 11.6. The summed E-state index contributed by atoms with van der Waals surface area (Å²) < 4.78 is 21.1. The van der Waals surface area contributed by atoms with E-state index in [1.54, 1.807) is 33.1 Å². The van der Waals surface area contributed by atoms with Gasteiger partial charge in [0.05, 0.1) is 6.61 Å². The van der Waals surface area contributed by atoms with E-state index in [0.29, 0.717) is 12.7 Å². The molecule has 2 atom stereocenters. The van der Waals surface area contributed by atoms with Crippen molar-refractivity contribution in [3.05, 3.63) is 0 Å². The second-order valence-electron chi connectivity index (χ2n) is 3.76. The molecule has 0 amide bonds. The van der Waals surface area contributed by atoms with E-state index < -0.39 is 8.80 Å². The fourth-order valence-electron chi connectivity index (χ4n) is 1.54. The van der Waals surface area contributed by atoms with Crippen LogP contribution in [0.2, 0.25) is 6.04 Å². The van der Waals surface area contributed by atoms with Crippen molar-refractivity contribution in [2.45, 2.75) is 29.9 Å². The van der Waals surface area contributed by atoms with Crippen LogP contribution >= 0.6 is 11.8 Å². The lowest BCUT2D eigenvalue weighted by Crippen LogP contribution is -2.44. The third-order valence-electron chi connectivity index (χ3n) is 2.65. The van der Waals surface area contributed by atoms with Gasteiger partial charge in [-0.25, -0.2) is 0 Å². The molecule has 5 nitrogen and oxygen atoms in total. The first-order valence-electron chi connectivity index (χ1n) is 5.60. The Morgan fingerprint density at radius 3 is 2.29 bits per heavy atom. The number of hydrogen-bond acceptors (Lipinski definition) is 6. The highest BCUT2D eigenvalue weighted by molar-refractivity contribution is 8.08. The number of ether oxygens (including phenoxy) is 1. The quantitative estimate of drug-likeness (QED) is 0.379. The summed E-state index contributed by atoms with van der Waals surface area (Å²) in [5.41, 5.74) is 0. The summed E-state index contributed by atoms with van der Waals surface area (Å²) in [6.45, 7) is 2.47. The average Bonchev–Trinajstić information content (AvgIpc) is 3.12. The minimum atomic E-state index is -2.57. The third-order valence-corrected chi connectivity index (χ3v) is 7.04. The first-order valence-corrected chi connectivity index (χ1v) is 8.47. The molecule has 1 fully saturated rings. The van der Waals surface area contributed by atoms with Crippen molar-refractivity contribution in [2.24, 2.45) is 0 Å². The first-order chi connectivity index (χ1) is 8.12. The molecule has 100 valence electrons. The molecule has 17 heavy (non-hydrogen) atoms. The topological polar surface area (TPSA) is 54.0 Å². The molecule has 0 aromatic rings. The van der Waals surface area contributed by atoms with E-state index in [2.05, 4.69) is 0 Å². The molecule has 0 aromatic carbocycles. The lowest BCUT2D eigenvalue weighted by atomic mass is 10.3. The van der Waals surface area contributed by atoms with Crippen LogP contribution in [0.25, 0.3) is 0 Å². The van der Waals surface area contributed by atoms with Crippen molar-refractivity contribution < 1.29 is 22.8 Å². The molecule has 1 heterocycles. The molecule has 2 unspecified atom stereocenters. The Morgan fingerprint density at radius 1 is 1.24 bits per heavy atom. The summed E-state index contributed by atoms with van der Waals surface area (Å²) in [5, 5.41) is 0.125. The van der Waals surface area contributed by atoms with E-state index >= 15 is 0 Å². The van der Waals surface area contributed by atoms with Crippen LogP contribution in [0.3, 0.4) is 0 Å². The van der Waals surface area contributed by atoms with Gasteiger partial charge in [0.2, 0.25) is 0 Å². The Morgan fingerprint density at radius 2 is 1.82 bits per heavy atom. The Labute approximate surface area is 108 Å². The molecule has 0 saturated carbocycles. The molecule has 0 aromatic heterocycles. The molecule has 0 N–H and O–H groups in total. The first kappa shape index (κ1) is 15.0. The molecule has 1 rings (SSSR count). The van der Waals surface area contributed by atoms with Gasteiger partial charge in [0.1, 0.15) is 5.25 Å². The number of carbonyl (C=O) groups excluding carboxylic acids is 1. The van der Waals surface area contributed by atoms with Crippen LogP contribution in [-0.4, -0.2) is 53.2 Å². The predicted octanol–water partition coefficient (Wildman–Crippen LogP) is 1.30. The maximum Gasteiger partial charge on any atom is 0.501 e. The minimum Gasteiger partial charge on any atom is -0.465 e. The smallest absolute Gasteiger partial charge is 0.465 e. The van der Waals surface area contributed by atoms with Gasteiger partial charge < -0.3 is 18.0 Å². The van der Waals surface area contributed by atoms with Gasteiger partial charge in [-0.1, -0.05) is 6.92 Å². The van der Waals surface area contributed by atoms with Gasteiger partial charge in [-0.05, 0) is 6.42 Å². The van der Waals surface area contributed by atoms with Crippen molar-refractivity contribution in [1.29, 1.82) is 0 Å². The second kappa shape index (κ2) is 6.74. The van der Waals surface area contributed by atoms with Gasteiger partial charge in [-0.3, -0.25) is 4.79 Å². The maximum atomic E-state index is 11.6. The summed E-state index contributed by atoms with van der Waals surface area (Å²) in [7, 11) is 2.17. The Balaban J connectivity index is 2.38. The SMILES string of the molecule is CCCOC(=O)C1SC1C[Si](OC)(OC)OC. The van der Waals surface area contributed by atoms with Gasteiger partial charge >= 0.3 is 14.8 Å². The van der Waals surface area contributed by atoms with Crippen LogP contribution in [0.4, 0.5) is 0 Å². The van der Waals surface area contributed by atoms with Crippen molar-refractivity contribution >= 4 is 26.5 Å². The van der Waals surface area contributed by atoms with Gasteiger partial charge in [-0.15, -0.1) is 11.8 Å². The van der Waals surface area contributed by atoms with Crippen molar-refractivity contribution in [3.8, 4) is 0 Å². The van der Waals surface area contributed by atoms with Crippen LogP contribution < -0.4 is 0 Å². The van der Waals surface area contributed by atoms with Crippen LogP contribution in [0.15, 0.2) is 0 Å². The molecule has 0 radical (unpaired) electrons. The molecule has 0 bridgehead atoms. The molecular weight excluding hydrogens is 260 g/mol. The summed E-state index contributed by atoms with van der Waals surface area (Å²) in [6, 6.07) is 0.646. The average molecular weight is 280 g/mol. The van der Waals surface area contributed by atoms with Gasteiger partial charge in [0.15, 0.2) is 0 Å². The minimum absolute atomic E-state index is 0.0751. The highest BCUT2D eigenvalue weighted by atomic mass is 32.2. The van der Waals surface area contributed by atoms with Crippen LogP contribution in [0, 0.1) is 0 Å². The second-order valence-corrected chi connectivity index (χ2v) is 8.15. The molecule has 0 aliphatic carbocycles. The number of thioether (sulfide) groups is 1. The number of carbonyl (C=O) groups is 1. The molecule has 1 aliphatic heterocycles. The molecule has 1 saturated heterocycles. The van der Waals surface area contributed by atoms with Gasteiger partial charge in [0, 0.05) is 32.6 Å². The number of esters is 1. The maximum absolute atomic E-state index is 11.6. The molecule has 1 aliphatic rings. The lowest BCUT2D eigenvalue weighted by molar-refractivity contribution is -0.142. The number of hydrogen-bond donors (Lipinski definition) is 0. The molecular formula is C10H20O5SSi. The normalized spacial score (nSPS) is 23.5. The van der Waals surface area contributed by atoms with E-state index in [4.69, 9.17) is 18.0 Å². The summed E-state index contributed by atoms with van der Waals surface area (Å²) in [5.74, 6) is -0.131. The van der Waals surface area contributed by atoms with Crippen LogP contribution in [0.1, 0.15) is 13.3 Å². The van der Waals surface area contributed by atoms with Crippen molar-refractivity contribution in [1.82, 2.24) is 0 Å². The summed E-state index contributed by atoms with van der Waals surface area (Å²) in [6.07, 6.45) is 0.848. The Kier molecular flexibility index (Phi) is 5.94. The van der Waals surface area contributed by atoms with Crippen LogP contribution in [-0.2, 0) is 22.8 Å². The van der Waals surface area contributed by atoms with Gasteiger partial charge in [-0.2, -0.15) is 0 Å². The lowest BCUT2D eigenvalue weighted by Gasteiger charge is -2.23. The molecule has 0 spiro atoms. The zero-order chi connectivity index (χ0) is 12.9. The highest BCUT2D eigenvalue weighted by Gasteiger charge is 2.53. The monoisotopic (exact) mass is 280 g/mol. The largest absolute Gasteiger partial charge is 0.501 e. The van der Waals surface area contributed by atoms with E-state index in [1.165, 1.54) is 0 Å². The van der Waals surface area contributed by atoms with Gasteiger partial charge in [0.25, 0.3) is 0 Å². The highest BCUT2D eigenvalue weighted by Crippen LogP contribution is 2.47. The molecule has 7 heteroatoms. The Bertz CT molecular complexity index is 251. The zero-order valence-electron chi connectivity index (χ0n) is 10.7. The predicted molar refractivity (Wildman–Crippen MR) is 68.0 cm³/mol. The van der Waals surface area contributed by atoms with E-state index in [9.17, 15) is 4.79 Å².